The number of halogens is 1. The van der Waals surface area contributed by atoms with Gasteiger partial charge in [-0.25, -0.2) is 19.2 Å². The van der Waals surface area contributed by atoms with Crippen LogP contribution in [0.4, 0.5) is 9.18 Å². The van der Waals surface area contributed by atoms with Gasteiger partial charge < -0.3 is 20.1 Å². The molecule has 1 aliphatic heterocycles. The number of benzene rings is 2. The number of hydrogen-bond donors (Lipinski definition) is 3. The molecule has 0 atom stereocenters. The maximum atomic E-state index is 15.0. The molecular weight excluding hydrogens is 479 g/mol. The van der Waals surface area contributed by atoms with Crippen molar-refractivity contribution in [2.75, 3.05) is 19.7 Å². The van der Waals surface area contributed by atoms with Gasteiger partial charge in [0.1, 0.15) is 12.4 Å². The van der Waals surface area contributed by atoms with Gasteiger partial charge in [0.25, 0.3) is 5.91 Å². The van der Waals surface area contributed by atoms with Crippen LogP contribution in [-0.4, -0.2) is 52.5 Å². The number of guanidine groups is 1. The van der Waals surface area contributed by atoms with Crippen LogP contribution in [0.1, 0.15) is 28.8 Å². The highest BCUT2D eigenvalue weighted by Crippen LogP contribution is 2.26. The van der Waals surface area contributed by atoms with Crippen molar-refractivity contribution >= 4 is 18.0 Å². The van der Waals surface area contributed by atoms with Gasteiger partial charge in [-0.15, -0.1) is 0 Å². The standard InChI is InChI=1S/C26H27FN6O4/c27-22-19(16-37-26(35)32-24(28)29)7-4-8-21(22)20-13-30-25(31-14-20)36-15-17-9-11-33(12-10-17)23(34)18-5-2-1-3-6-18/h1-8,13-14,17H,9-12,15-16H2,(H4,28,29,32,35). The van der Waals surface area contributed by atoms with Gasteiger partial charge in [-0.1, -0.05) is 36.4 Å². The number of nitrogens with one attached hydrogen (secondary N) is 2. The van der Waals surface area contributed by atoms with Gasteiger partial charge in [0.2, 0.25) is 0 Å². The maximum Gasteiger partial charge on any atom is 0.414 e. The highest BCUT2D eigenvalue weighted by atomic mass is 19.1. The number of nitrogens with two attached hydrogens (primary N) is 1. The van der Waals surface area contributed by atoms with Gasteiger partial charge in [0.05, 0.1) is 6.61 Å². The second-order valence-corrected chi connectivity index (χ2v) is 8.56. The minimum Gasteiger partial charge on any atom is -0.463 e. The highest BCUT2D eigenvalue weighted by molar-refractivity contribution is 5.94. The molecule has 11 heteroatoms. The summed E-state index contributed by atoms with van der Waals surface area (Å²) in [6, 6.07) is 14.1. The minimum atomic E-state index is -0.949. The van der Waals surface area contributed by atoms with Crippen LogP contribution in [0, 0.1) is 17.1 Å². The van der Waals surface area contributed by atoms with E-state index in [1.807, 2.05) is 40.5 Å². The molecular formula is C26H27FN6O4. The number of nitrogens with zero attached hydrogens (tertiary/aromatic N) is 3. The van der Waals surface area contributed by atoms with Crippen molar-refractivity contribution in [2.24, 2.45) is 11.7 Å². The lowest BCUT2D eigenvalue weighted by Gasteiger charge is -2.31. The zero-order chi connectivity index (χ0) is 26.2. The van der Waals surface area contributed by atoms with Gasteiger partial charge >= 0.3 is 12.1 Å². The summed E-state index contributed by atoms with van der Waals surface area (Å²) in [7, 11) is 0. The number of aromatic nitrogens is 2. The molecule has 2 aromatic carbocycles. The van der Waals surface area contributed by atoms with Gasteiger partial charge in [-0.05, 0) is 30.9 Å². The van der Waals surface area contributed by atoms with Gasteiger partial charge in [-0.2, -0.15) is 0 Å². The Bertz CT molecular complexity index is 1250. The van der Waals surface area contributed by atoms with Crippen LogP contribution in [0.2, 0.25) is 0 Å². The molecule has 0 radical (unpaired) electrons. The third-order valence-electron chi connectivity index (χ3n) is 5.98. The van der Waals surface area contributed by atoms with Crippen LogP contribution in [0.15, 0.2) is 60.9 Å². The van der Waals surface area contributed by atoms with E-state index in [-0.39, 0.29) is 35.6 Å². The second kappa shape index (κ2) is 11.9. The number of carbonyl (C=O) groups is 2. The average molecular weight is 507 g/mol. The normalized spacial score (nSPS) is 13.6. The van der Waals surface area contributed by atoms with Crippen molar-refractivity contribution in [3.05, 3.63) is 77.9 Å². The number of alkyl carbamates (subject to hydrolysis) is 1. The Balaban J connectivity index is 1.28. The molecule has 2 amide bonds. The van der Waals surface area contributed by atoms with Crippen molar-refractivity contribution < 1.29 is 23.5 Å². The molecule has 0 unspecified atom stereocenters. The Labute approximate surface area is 213 Å². The monoisotopic (exact) mass is 506 g/mol. The fourth-order valence-corrected chi connectivity index (χ4v) is 3.99. The fourth-order valence-electron chi connectivity index (χ4n) is 3.99. The Morgan fingerprint density at radius 2 is 1.78 bits per heavy atom. The molecule has 1 aromatic heterocycles. The molecule has 0 saturated carbocycles. The summed E-state index contributed by atoms with van der Waals surface area (Å²) < 4.78 is 25.6. The SMILES string of the molecule is N=C(N)NC(=O)OCc1cccc(-c2cnc(OCC3CCN(C(=O)c4ccccc4)CC3)nc2)c1F. The number of piperidine rings is 1. The first-order chi connectivity index (χ1) is 17.9. The Kier molecular flexibility index (Phi) is 8.24. The van der Waals surface area contributed by atoms with E-state index in [9.17, 15) is 14.0 Å². The first-order valence-corrected chi connectivity index (χ1v) is 11.8. The number of likely N-dealkylation sites (tertiary alicyclic amines) is 1. The molecule has 1 aliphatic rings. The number of carbonyl (C=O) groups excluding carboxylic acids is 2. The molecule has 37 heavy (non-hydrogen) atoms. The fraction of sp³-hybridized carbons (Fsp3) is 0.269. The van der Waals surface area contributed by atoms with E-state index >= 15 is 0 Å². The maximum absolute atomic E-state index is 15.0. The van der Waals surface area contributed by atoms with E-state index in [0.29, 0.717) is 30.8 Å². The summed E-state index contributed by atoms with van der Waals surface area (Å²) in [4.78, 5) is 34.3. The first kappa shape index (κ1) is 25.5. The predicted octanol–water partition coefficient (Wildman–Crippen LogP) is 3.33. The zero-order valence-corrected chi connectivity index (χ0v) is 20.0. The quantitative estimate of drug-likeness (QED) is 0.329. The number of hydrogen-bond acceptors (Lipinski definition) is 7. The van der Waals surface area contributed by atoms with E-state index in [4.69, 9.17) is 20.6 Å². The minimum absolute atomic E-state index is 0.0427. The Morgan fingerprint density at radius 3 is 2.46 bits per heavy atom. The lowest BCUT2D eigenvalue weighted by molar-refractivity contribution is 0.0657. The predicted molar refractivity (Wildman–Crippen MR) is 133 cm³/mol. The van der Waals surface area contributed by atoms with Crippen LogP contribution in [0.3, 0.4) is 0 Å². The summed E-state index contributed by atoms with van der Waals surface area (Å²) >= 11 is 0. The molecule has 3 aromatic rings. The summed E-state index contributed by atoms with van der Waals surface area (Å²) in [5, 5.41) is 8.97. The molecule has 2 heterocycles. The molecule has 0 spiro atoms. The van der Waals surface area contributed by atoms with Gasteiger partial charge in [-0.3, -0.25) is 15.5 Å². The summed E-state index contributed by atoms with van der Waals surface area (Å²) in [5.74, 6) is -0.826. The van der Waals surface area contributed by atoms with Gasteiger partial charge in [0, 0.05) is 47.7 Å². The molecule has 0 bridgehead atoms. The van der Waals surface area contributed by atoms with Gasteiger partial charge in [0.15, 0.2) is 5.96 Å². The molecule has 1 fully saturated rings. The largest absolute Gasteiger partial charge is 0.463 e. The number of rotatable bonds is 7. The van der Waals surface area contributed by atoms with E-state index in [2.05, 4.69) is 9.97 Å². The second-order valence-electron chi connectivity index (χ2n) is 8.56. The zero-order valence-electron chi connectivity index (χ0n) is 20.0. The van der Waals surface area contributed by atoms with Crippen molar-refractivity contribution in [3.63, 3.8) is 0 Å². The van der Waals surface area contributed by atoms with E-state index < -0.39 is 17.9 Å². The van der Waals surface area contributed by atoms with Crippen molar-refractivity contribution in [1.29, 1.82) is 5.41 Å². The first-order valence-electron chi connectivity index (χ1n) is 11.8. The van der Waals surface area contributed by atoms with Crippen molar-refractivity contribution in [1.82, 2.24) is 20.2 Å². The smallest absolute Gasteiger partial charge is 0.414 e. The lowest BCUT2D eigenvalue weighted by atomic mass is 9.97. The van der Waals surface area contributed by atoms with Crippen molar-refractivity contribution in [2.45, 2.75) is 19.4 Å². The summed E-state index contributed by atoms with van der Waals surface area (Å²) in [5.41, 5.74) is 6.59. The van der Waals surface area contributed by atoms with Crippen LogP contribution < -0.4 is 15.8 Å². The third kappa shape index (κ3) is 6.78. The van der Waals surface area contributed by atoms with E-state index in [0.717, 1.165) is 12.8 Å². The highest BCUT2D eigenvalue weighted by Gasteiger charge is 2.24. The van der Waals surface area contributed by atoms with Crippen molar-refractivity contribution in [3.8, 4) is 17.1 Å². The van der Waals surface area contributed by atoms with Crippen LogP contribution >= 0.6 is 0 Å². The Morgan fingerprint density at radius 1 is 1.08 bits per heavy atom. The van der Waals surface area contributed by atoms with E-state index in [1.54, 1.807) is 12.1 Å². The van der Waals surface area contributed by atoms with Crippen LogP contribution in [0.25, 0.3) is 11.1 Å². The summed E-state index contributed by atoms with van der Waals surface area (Å²) in [6.07, 6.45) is 3.63. The molecule has 0 aliphatic carbocycles. The number of amides is 2. The molecule has 1 saturated heterocycles. The average Bonchev–Trinajstić information content (AvgIpc) is 2.92. The van der Waals surface area contributed by atoms with E-state index in [1.165, 1.54) is 18.5 Å². The number of ether oxygens (including phenoxy) is 2. The third-order valence-corrected chi connectivity index (χ3v) is 5.98. The molecule has 10 nitrogen and oxygen atoms in total. The molecule has 192 valence electrons. The topological polar surface area (TPSA) is 144 Å². The summed E-state index contributed by atoms with van der Waals surface area (Å²) in [6.45, 7) is 1.42. The molecule has 4 N–H and O–H groups in total. The molecule has 4 rings (SSSR count). The lowest BCUT2D eigenvalue weighted by Crippen LogP contribution is -2.39. The van der Waals surface area contributed by atoms with Crippen LogP contribution in [-0.2, 0) is 11.3 Å². The Hall–Kier alpha value is -4.54. The van der Waals surface area contributed by atoms with Crippen LogP contribution in [0.5, 0.6) is 6.01 Å².